The molecule has 0 aliphatic rings. The highest BCUT2D eigenvalue weighted by Gasteiger charge is 2.18. The number of aromatic nitrogens is 2. The van der Waals surface area contributed by atoms with Gasteiger partial charge in [0.05, 0.1) is 4.92 Å². The van der Waals surface area contributed by atoms with E-state index in [0.717, 1.165) is 6.07 Å². The van der Waals surface area contributed by atoms with Gasteiger partial charge >= 0.3 is 0 Å². The smallest absolute Gasteiger partial charge is 0.294 e. The van der Waals surface area contributed by atoms with Crippen molar-refractivity contribution in [1.82, 2.24) is 9.78 Å². The lowest BCUT2D eigenvalue weighted by atomic mass is 10.2. The van der Waals surface area contributed by atoms with Gasteiger partial charge in [0.2, 0.25) is 0 Å². The summed E-state index contributed by atoms with van der Waals surface area (Å²) in [7, 11) is 0. The predicted molar refractivity (Wildman–Crippen MR) is 95.3 cm³/mol. The quantitative estimate of drug-likeness (QED) is 0.508. The van der Waals surface area contributed by atoms with Crippen molar-refractivity contribution in [3.63, 3.8) is 0 Å². The molecule has 0 bridgehead atoms. The lowest BCUT2D eigenvalue weighted by molar-refractivity contribution is -0.383. The molecular formula is C17H12ClFN4O4. The van der Waals surface area contributed by atoms with Crippen molar-refractivity contribution in [1.29, 1.82) is 0 Å². The van der Waals surface area contributed by atoms with E-state index < -0.39 is 10.8 Å². The van der Waals surface area contributed by atoms with Crippen LogP contribution in [0, 0.1) is 15.9 Å². The van der Waals surface area contributed by atoms with E-state index in [-0.39, 0.29) is 34.6 Å². The Kier molecular flexibility index (Phi) is 5.32. The maximum Gasteiger partial charge on any atom is 0.294 e. The van der Waals surface area contributed by atoms with E-state index in [0.29, 0.717) is 5.75 Å². The summed E-state index contributed by atoms with van der Waals surface area (Å²) in [6, 6.07) is 10.8. The normalized spacial score (nSPS) is 10.4. The Balaban J connectivity index is 1.66. The number of benzene rings is 2. The van der Waals surface area contributed by atoms with Crippen molar-refractivity contribution in [2.24, 2.45) is 0 Å². The molecule has 0 radical (unpaired) electrons. The molecule has 0 saturated carbocycles. The average Bonchev–Trinajstić information content (AvgIpc) is 3.12. The van der Waals surface area contributed by atoms with Crippen LogP contribution in [0.15, 0.2) is 54.7 Å². The maximum absolute atomic E-state index is 12.9. The van der Waals surface area contributed by atoms with E-state index in [9.17, 15) is 19.3 Å². The minimum absolute atomic E-state index is 0.00000504. The molecule has 1 N–H and O–H groups in total. The molecule has 27 heavy (non-hydrogen) atoms. The van der Waals surface area contributed by atoms with E-state index >= 15 is 0 Å². The summed E-state index contributed by atoms with van der Waals surface area (Å²) in [6.45, 7) is 0.00000504. The number of carbonyl (C=O) groups is 1. The van der Waals surface area contributed by atoms with E-state index in [4.69, 9.17) is 16.3 Å². The highest BCUT2D eigenvalue weighted by molar-refractivity contribution is 6.31. The number of nitro benzene ring substituents is 1. The summed E-state index contributed by atoms with van der Waals surface area (Å²) in [5.41, 5.74) is -0.275. The first-order chi connectivity index (χ1) is 12.9. The van der Waals surface area contributed by atoms with Crippen LogP contribution in [0.4, 0.5) is 15.8 Å². The van der Waals surface area contributed by atoms with Crippen LogP contribution >= 0.6 is 11.6 Å². The highest BCUT2D eigenvalue weighted by atomic mass is 35.5. The third-order valence-corrected chi connectivity index (χ3v) is 3.69. The summed E-state index contributed by atoms with van der Waals surface area (Å²) in [4.78, 5) is 22.7. The van der Waals surface area contributed by atoms with Crippen molar-refractivity contribution in [3.8, 4) is 5.75 Å². The second-order valence-corrected chi connectivity index (χ2v) is 5.78. The van der Waals surface area contributed by atoms with Crippen LogP contribution in [0.1, 0.15) is 10.5 Å². The van der Waals surface area contributed by atoms with Crippen LogP contribution in [0.25, 0.3) is 0 Å². The van der Waals surface area contributed by atoms with E-state index in [1.165, 1.54) is 53.3 Å². The van der Waals surface area contributed by atoms with Crippen molar-refractivity contribution in [2.75, 3.05) is 5.32 Å². The molecule has 0 unspecified atom stereocenters. The van der Waals surface area contributed by atoms with Crippen molar-refractivity contribution in [2.45, 2.75) is 6.73 Å². The lowest BCUT2D eigenvalue weighted by Crippen LogP contribution is -2.15. The van der Waals surface area contributed by atoms with Crippen LogP contribution in [-0.2, 0) is 6.73 Å². The Morgan fingerprint density at radius 1 is 1.26 bits per heavy atom. The zero-order chi connectivity index (χ0) is 19.4. The third-order valence-electron chi connectivity index (χ3n) is 3.46. The number of amides is 1. The zero-order valence-electron chi connectivity index (χ0n) is 13.6. The standard InChI is InChI=1S/C17H12ClFN4O4/c18-11-1-6-14(16(9-11)23(25)26)20-17(24)15-7-8-22(21-15)10-27-13-4-2-12(19)3-5-13/h1-9H,10H2,(H,20,24). The van der Waals surface area contributed by atoms with Crippen LogP contribution < -0.4 is 10.1 Å². The molecule has 0 atom stereocenters. The van der Waals surface area contributed by atoms with Gasteiger partial charge in [-0.1, -0.05) is 11.6 Å². The van der Waals surface area contributed by atoms with Crippen LogP contribution in [-0.4, -0.2) is 20.6 Å². The fraction of sp³-hybridized carbons (Fsp3) is 0.0588. The molecule has 0 fully saturated rings. The molecule has 3 aromatic rings. The predicted octanol–water partition coefficient (Wildman–Crippen LogP) is 3.87. The number of anilines is 1. The number of ether oxygens (including phenoxy) is 1. The van der Waals surface area contributed by atoms with Gasteiger partial charge in [0.1, 0.15) is 17.3 Å². The van der Waals surface area contributed by atoms with Gasteiger partial charge in [-0.3, -0.25) is 14.9 Å². The molecule has 138 valence electrons. The van der Waals surface area contributed by atoms with Gasteiger partial charge in [-0.25, -0.2) is 9.07 Å². The molecule has 3 rings (SSSR count). The summed E-state index contributed by atoms with van der Waals surface area (Å²) < 4.78 is 19.6. The van der Waals surface area contributed by atoms with Gasteiger partial charge in [0.25, 0.3) is 11.6 Å². The Hall–Kier alpha value is -3.46. The number of nitro groups is 1. The minimum atomic E-state index is -0.642. The Morgan fingerprint density at radius 2 is 2.00 bits per heavy atom. The van der Waals surface area contributed by atoms with Gasteiger partial charge in [-0.15, -0.1) is 0 Å². The second kappa shape index (κ2) is 7.83. The summed E-state index contributed by atoms with van der Waals surface area (Å²) in [5, 5.41) is 17.7. The number of nitrogens with zero attached hydrogens (tertiary/aromatic N) is 3. The number of hydrogen-bond donors (Lipinski definition) is 1. The molecule has 1 aromatic heterocycles. The molecule has 0 aliphatic carbocycles. The zero-order valence-corrected chi connectivity index (χ0v) is 14.4. The third kappa shape index (κ3) is 4.59. The molecule has 1 amide bonds. The van der Waals surface area contributed by atoms with Crippen LogP contribution in [0.2, 0.25) is 5.02 Å². The topological polar surface area (TPSA) is 99.3 Å². The van der Waals surface area contributed by atoms with Gasteiger partial charge in [-0.2, -0.15) is 5.10 Å². The first-order valence-corrected chi connectivity index (χ1v) is 7.97. The molecule has 0 spiro atoms. The number of carbonyl (C=O) groups excluding carboxylic acids is 1. The largest absolute Gasteiger partial charge is 0.471 e. The maximum atomic E-state index is 12.9. The average molecular weight is 391 g/mol. The van der Waals surface area contributed by atoms with E-state index in [1.807, 2.05) is 0 Å². The summed E-state index contributed by atoms with van der Waals surface area (Å²) >= 11 is 5.74. The molecule has 1 heterocycles. The Morgan fingerprint density at radius 3 is 2.70 bits per heavy atom. The van der Waals surface area contributed by atoms with Crippen LogP contribution in [0.3, 0.4) is 0 Å². The summed E-state index contributed by atoms with van der Waals surface area (Å²) in [5.74, 6) is -0.563. The number of halogens is 2. The van der Waals surface area contributed by atoms with Crippen molar-refractivity contribution >= 4 is 28.9 Å². The van der Waals surface area contributed by atoms with Gasteiger partial charge in [0, 0.05) is 17.3 Å². The first-order valence-electron chi connectivity index (χ1n) is 7.59. The minimum Gasteiger partial charge on any atom is -0.471 e. The second-order valence-electron chi connectivity index (χ2n) is 5.34. The SMILES string of the molecule is O=C(Nc1ccc(Cl)cc1[N+](=O)[O-])c1ccn(COc2ccc(F)cc2)n1. The number of rotatable bonds is 6. The fourth-order valence-corrected chi connectivity index (χ4v) is 2.34. The van der Waals surface area contributed by atoms with Crippen molar-refractivity contribution < 1.29 is 18.8 Å². The Labute approximate surface area is 157 Å². The van der Waals surface area contributed by atoms with Crippen LogP contribution in [0.5, 0.6) is 5.75 Å². The number of nitrogens with one attached hydrogen (secondary N) is 1. The molecule has 10 heteroatoms. The molecule has 2 aromatic carbocycles. The molecule has 8 nitrogen and oxygen atoms in total. The lowest BCUT2D eigenvalue weighted by Gasteiger charge is -2.06. The van der Waals surface area contributed by atoms with Gasteiger partial charge < -0.3 is 10.1 Å². The first kappa shape index (κ1) is 18.3. The number of hydrogen-bond acceptors (Lipinski definition) is 5. The van der Waals surface area contributed by atoms with Crippen molar-refractivity contribution in [3.05, 3.63) is 81.4 Å². The van der Waals surface area contributed by atoms with E-state index in [1.54, 1.807) is 0 Å². The Bertz CT molecular complexity index is 991. The highest BCUT2D eigenvalue weighted by Crippen LogP contribution is 2.28. The van der Waals surface area contributed by atoms with Gasteiger partial charge in [-0.05, 0) is 42.5 Å². The molecular weight excluding hydrogens is 379 g/mol. The molecule has 0 saturated heterocycles. The van der Waals surface area contributed by atoms with E-state index in [2.05, 4.69) is 10.4 Å². The van der Waals surface area contributed by atoms with Gasteiger partial charge in [0.15, 0.2) is 12.4 Å². The fourth-order valence-electron chi connectivity index (χ4n) is 2.17. The monoisotopic (exact) mass is 390 g/mol. The summed E-state index contributed by atoms with van der Waals surface area (Å²) in [6.07, 6.45) is 1.51. The molecule has 0 aliphatic heterocycles.